The van der Waals surface area contributed by atoms with E-state index in [-0.39, 0.29) is 69.3 Å². The zero-order valence-corrected chi connectivity index (χ0v) is 41.0. The molecule has 0 unspecified atom stereocenters. The largest absolute Gasteiger partial charge is 0.381 e. The minimum absolute atomic E-state index is 0. The van der Waals surface area contributed by atoms with Crippen LogP contribution >= 0.6 is 34.3 Å². The van der Waals surface area contributed by atoms with Crippen molar-refractivity contribution in [2.45, 2.75) is 83.0 Å². The van der Waals surface area contributed by atoms with E-state index in [2.05, 4.69) is 42.6 Å². The lowest BCUT2D eigenvalue weighted by atomic mass is 9.89. The number of nitrogens with one attached hydrogen (secondary N) is 1. The lowest BCUT2D eigenvalue weighted by molar-refractivity contribution is 0.0719. The van der Waals surface area contributed by atoms with Crippen molar-refractivity contribution in [3.8, 4) is 34.7 Å². The van der Waals surface area contributed by atoms with Gasteiger partial charge in [-0.3, -0.25) is 9.36 Å². The Kier molecular flexibility index (Phi) is 16.2. The van der Waals surface area contributed by atoms with Crippen LogP contribution in [0.1, 0.15) is 59.8 Å². The van der Waals surface area contributed by atoms with Gasteiger partial charge in [-0.05, 0) is 74.0 Å². The molecular weight excluding hydrogens is 972 g/mol. The van der Waals surface area contributed by atoms with E-state index in [4.69, 9.17) is 31.8 Å². The topological polar surface area (TPSA) is 266 Å². The Morgan fingerprint density at radius 1 is 0.750 bits per heavy atom. The van der Waals surface area contributed by atoms with Crippen molar-refractivity contribution in [2.75, 3.05) is 69.4 Å². The van der Waals surface area contributed by atoms with Crippen LogP contribution in [0.4, 0.5) is 5.95 Å². The minimum atomic E-state index is -3.30. The van der Waals surface area contributed by atoms with Crippen LogP contribution in [0.15, 0.2) is 47.7 Å². The molecule has 3 N–H and O–H groups in total. The van der Waals surface area contributed by atoms with Gasteiger partial charge in [0.1, 0.15) is 11.1 Å². The number of hydrogen-bond acceptors (Lipinski definition) is 18. The molecule has 0 saturated carbocycles. The molecule has 0 amide bonds. The Labute approximate surface area is 409 Å². The number of nitrogens with two attached hydrogens (primary N) is 1. The third-order valence-corrected chi connectivity index (χ3v) is 17.8. The number of sulfonamides is 2. The Hall–Kier alpha value is -4.73. The van der Waals surface area contributed by atoms with E-state index in [0.717, 1.165) is 89.4 Å². The van der Waals surface area contributed by atoms with E-state index in [0.29, 0.717) is 17.7 Å². The maximum atomic E-state index is 12.2. The number of halogens is 1. The van der Waals surface area contributed by atoms with Crippen molar-refractivity contribution >= 4 is 80.7 Å². The molecule has 10 rings (SSSR count). The smallest absolute Gasteiger partial charge is 0.224 e. The highest BCUT2D eigenvalue weighted by molar-refractivity contribution is 7.89. The summed E-state index contributed by atoms with van der Waals surface area (Å²) in [4.78, 5) is 18.0. The summed E-state index contributed by atoms with van der Waals surface area (Å²) in [7, 11) is -6.58. The molecule has 4 aliphatic rings. The number of aromatic nitrogens is 8. The van der Waals surface area contributed by atoms with Gasteiger partial charge in [-0.1, -0.05) is 7.43 Å². The Morgan fingerprint density at radius 2 is 1.21 bits per heavy atom. The molecule has 0 atom stereocenters. The van der Waals surface area contributed by atoms with E-state index >= 15 is 0 Å². The maximum Gasteiger partial charge on any atom is 0.224 e. The summed E-state index contributed by atoms with van der Waals surface area (Å²) in [5, 5.41) is 35.1. The average molecular weight is 1030 g/mol. The number of nitrogens with zero attached hydrogens (tertiary/aromatic N) is 12. The van der Waals surface area contributed by atoms with E-state index in [1.165, 1.54) is 19.9 Å². The number of rotatable bonds is 12. The molecule has 4 aliphatic heterocycles. The second-order valence-electron chi connectivity index (χ2n) is 16.8. The van der Waals surface area contributed by atoms with Gasteiger partial charge in [0, 0.05) is 88.2 Å². The first kappa shape index (κ1) is 51.1. The number of ether oxygens (including phenoxy) is 2. The second-order valence-corrected chi connectivity index (χ2v) is 23.5. The first-order valence-electron chi connectivity index (χ1n) is 21.9. The molecule has 20 nitrogen and oxygen atoms in total. The average Bonchev–Trinajstić information content (AvgIpc) is 4.15. The van der Waals surface area contributed by atoms with E-state index in [1.807, 2.05) is 29.1 Å². The van der Waals surface area contributed by atoms with Crippen molar-refractivity contribution in [3.05, 3.63) is 53.0 Å². The molecule has 4 saturated heterocycles. The van der Waals surface area contributed by atoms with Crippen LogP contribution in [0.25, 0.3) is 42.9 Å². The van der Waals surface area contributed by atoms with Gasteiger partial charge >= 0.3 is 0 Å². The number of thiophene rings is 2. The molecular formula is C43H55ClN14O6S4. The predicted molar refractivity (Wildman–Crippen MR) is 263 cm³/mol. The van der Waals surface area contributed by atoms with Crippen molar-refractivity contribution in [1.82, 2.24) is 48.1 Å². The fraction of sp³-hybridized carbons (Fsp3) is 0.535. The summed E-state index contributed by atoms with van der Waals surface area (Å²) in [6.07, 6.45) is 11.3. The molecule has 6 aromatic rings. The van der Waals surface area contributed by atoms with Crippen LogP contribution in [0, 0.1) is 22.7 Å². The van der Waals surface area contributed by atoms with Gasteiger partial charge in [0.2, 0.25) is 31.3 Å². The van der Waals surface area contributed by atoms with E-state index < -0.39 is 31.1 Å². The van der Waals surface area contributed by atoms with Gasteiger partial charge in [-0.2, -0.15) is 29.3 Å². The number of hydrogen-bond donors (Lipinski definition) is 2. The summed E-state index contributed by atoms with van der Waals surface area (Å²) >= 11 is 9.12. The summed E-state index contributed by atoms with van der Waals surface area (Å²) in [6, 6.07) is 8.88. The standard InChI is InChI=1S/C21H25N7O3S2.C16H15ClN6O2S2.C5H11NO.CH4/c1-2-33(29,30)27-13-21(14-27,6-7-22)28-12-15(11-23-28)18-19-17(5-10-32-19)25-20(26-18)24-16-3-8-31-9-4-16;1-2-27(24,25)22-9-16(10-22,4-5-18)23-8-11(7-19-23)13-14-12(3-6-26-14)20-15(17)21-13;6-5-1-3-7-4-2-5;/h5,10-12,16H,2-4,6,8-9,13-14H2,1H3,(H,24,25,26);3,6-8H,2,4,9-10H2,1H3;5H,1-4,6H2;1H4. The number of nitriles is 2. The highest BCUT2D eigenvalue weighted by Crippen LogP contribution is 2.39. The first-order valence-corrected chi connectivity index (χ1v) is 27.2. The van der Waals surface area contributed by atoms with Gasteiger partial charge in [0.05, 0.1) is 80.7 Å². The third kappa shape index (κ3) is 10.8. The lowest BCUT2D eigenvalue weighted by Gasteiger charge is -2.47. The summed E-state index contributed by atoms with van der Waals surface area (Å²) in [5.74, 6) is 0.654. The molecule has 0 aliphatic carbocycles. The fourth-order valence-corrected chi connectivity index (χ4v) is 12.6. The van der Waals surface area contributed by atoms with Crippen LogP contribution in [0.2, 0.25) is 5.28 Å². The fourth-order valence-electron chi connectivity index (χ4n) is 8.25. The van der Waals surface area contributed by atoms with Gasteiger partial charge in [0.25, 0.3) is 0 Å². The van der Waals surface area contributed by atoms with Crippen LogP contribution in [0.3, 0.4) is 0 Å². The van der Waals surface area contributed by atoms with Crippen LogP contribution < -0.4 is 11.1 Å². The molecule has 25 heteroatoms. The predicted octanol–water partition coefficient (Wildman–Crippen LogP) is 5.66. The van der Waals surface area contributed by atoms with Gasteiger partial charge in [-0.15, -0.1) is 22.7 Å². The normalized spacial score (nSPS) is 18.7. The zero-order valence-electron chi connectivity index (χ0n) is 37.0. The molecule has 0 spiro atoms. The molecule has 364 valence electrons. The quantitative estimate of drug-likeness (QED) is 0.140. The zero-order chi connectivity index (χ0) is 47.4. The molecule has 0 aromatic carbocycles. The van der Waals surface area contributed by atoms with Gasteiger partial charge in [-0.25, -0.2) is 36.8 Å². The molecule has 0 bridgehead atoms. The van der Waals surface area contributed by atoms with Crippen LogP contribution in [0.5, 0.6) is 0 Å². The first-order chi connectivity index (χ1) is 32.2. The summed E-state index contributed by atoms with van der Waals surface area (Å²) in [6.45, 7) is 7.36. The molecule has 68 heavy (non-hydrogen) atoms. The molecule has 10 heterocycles. The molecule has 4 fully saturated rings. The highest BCUT2D eigenvalue weighted by Gasteiger charge is 2.51. The van der Waals surface area contributed by atoms with Crippen LogP contribution in [-0.2, 0) is 40.6 Å². The van der Waals surface area contributed by atoms with E-state index in [1.54, 1.807) is 53.1 Å². The summed E-state index contributed by atoms with van der Waals surface area (Å²) < 4.78 is 67.2. The monoisotopic (exact) mass is 1030 g/mol. The van der Waals surface area contributed by atoms with Crippen molar-refractivity contribution in [2.24, 2.45) is 5.73 Å². The van der Waals surface area contributed by atoms with Gasteiger partial charge < -0.3 is 20.5 Å². The van der Waals surface area contributed by atoms with Crippen molar-refractivity contribution < 1.29 is 26.3 Å². The summed E-state index contributed by atoms with van der Waals surface area (Å²) in [5.41, 5.74) is 8.87. The minimum Gasteiger partial charge on any atom is -0.381 e. The Bertz CT molecular complexity index is 2990. The number of fused-ring (bicyclic) bond motifs is 2. The molecule has 6 aromatic heterocycles. The number of anilines is 1. The molecule has 0 radical (unpaired) electrons. The van der Waals surface area contributed by atoms with E-state index in [9.17, 15) is 27.4 Å². The third-order valence-electron chi connectivity index (χ3n) is 12.3. The Balaban J connectivity index is 0.000000176. The van der Waals surface area contributed by atoms with Crippen molar-refractivity contribution in [3.63, 3.8) is 0 Å². The SMILES string of the molecule is C.CCS(=O)(=O)N1CC(CC#N)(n2cc(-c3nc(Cl)nc4ccsc34)cn2)C1.CCS(=O)(=O)N1CC(CC#N)(n2cc(-c3nc(NC4CCOCC4)nc4ccsc34)cn2)C1.NC1CCOCC1. The van der Waals surface area contributed by atoms with Crippen molar-refractivity contribution in [1.29, 1.82) is 10.5 Å². The maximum absolute atomic E-state index is 12.2. The Morgan fingerprint density at radius 3 is 1.65 bits per heavy atom. The van der Waals surface area contributed by atoms with Gasteiger partial charge in [0.15, 0.2) is 0 Å². The van der Waals surface area contributed by atoms with Crippen LogP contribution in [-0.4, -0.2) is 141 Å². The highest BCUT2D eigenvalue weighted by atomic mass is 35.5. The second kappa shape index (κ2) is 21.5. The lowest BCUT2D eigenvalue weighted by Crippen LogP contribution is -2.64.